The topological polar surface area (TPSA) is 86.8 Å². The average Bonchev–Trinajstić information content (AvgIpc) is 2.72. The first kappa shape index (κ1) is 21.8. The van der Waals surface area contributed by atoms with Crippen molar-refractivity contribution in [3.63, 3.8) is 0 Å². The van der Waals surface area contributed by atoms with E-state index in [2.05, 4.69) is 26.7 Å². The Morgan fingerprint density at radius 3 is 2.03 bits per heavy atom. The molecule has 1 fully saturated rings. The highest BCUT2D eigenvalue weighted by Gasteiger charge is 2.23. The molecule has 9 heteroatoms. The number of benzene rings is 2. The molecule has 2 aromatic carbocycles. The predicted molar refractivity (Wildman–Crippen MR) is 114 cm³/mol. The first-order chi connectivity index (χ1) is 13.8. The molecule has 29 heavy (non-hydrogen) atoms. The van der Waals surface area contributed by atoms with Crippen molar-refractivity contribution in [1.82, 2.24) is 9.62 Å². The number of piperazine rings is 1. The summed E-state index contributed by atoms with van der Waals surface area (Å²) in [6.07, 6.45) is 1.67. The molecular formula is C20H27N3O4S2. The van der Waals surface area contributed by atoms with Gasteiger partial charge in [0, 0.05) is 44.7 Å². The van der Waals surface area contributed by atoms with Gasteiger partial charge in [-0.1, -0.05) is 30.3 Å². The molecule has 7 nitrogen and oxygen atoms in total. The lowest BCUT2D eigenvalue weighted by Crippen LogP contribution is -2.47. The molecule has 0 atom stereocenters. The van der Waals surface area contributed by atoms with Gasteiger partial charge in [0.2, 0.25) is 10.0 Å². The summed E-state index contributed by atoms with van der Waals surface area (Å²) in [5.41, 5.74) is 1.23. The molecule has 0 aliphatic carbocycles. The Hall–Kier alpha value is -1.94. The van der Waals surface area contributed by atoms with E-state index in [4.69, 9.17) is 0 Å². The van der Waals surface area contributed by atoms with E-state index < -0.39 is 19.9 Å². The molecule has 1 aliphatic heterocycles. The number of nitrogens with one attached hydrogen (secondary N) is 1. The largest absolute Gasteiger partial charge is 0.369 e. The maximum atomic E-state index is 12.6. The van der Waals surface area contributed by atoms with Gasteiger partial charge in [-0.15, -0.1) is 0 Å². The van der Waals surface area contributed by atoms with Crippen LogP contribution in [-0.4, -0.2) is 67.3 Å². The van der Waals surface area contributed by atoms with Crippen LogP contribution in [0.25, 0.3) is 0 Å². The zero-order valence-electron chi connectivity index (χ0n) is 16.5. The van der Waals surface area contributed by atoms with Crippen molar-refractivity contribution in [2.75, 3.05) is 50.4 Å². The zero-order chi connectivity index (χ0) is 20.9. The molecule has 3 rings (SSSR count). The summed E-state index contributed by atoms with van der Waals surface area (Å²) in [5, 5.41) is 0. The Kier molecular flexibility index (Phi) is 6.94. The number of sulfonamides is 1. The molecule has 1 N–H and O–H groups in total. The van der Waals surface area contributed by atoms with Gasteiger partial charge in [0.15, 0.2) is 9.84 Å². The summed E-state index contributed by atoms with van der Waals surface area (Å²) in [6, 6.07) is 16.0. The van der Waals surface area contributed by atoms with Crippen molar-refractivity contribution >= 4 is 25.5 Å². The van der Waals surface area contributed by atoms with Gasteiger partial charge in [-0.3, -0.25) is 4.90 Å². The molecule has 0 spiro atoms. The normalized spacial score (nSPS) is 16.1. The van der Waals surface area contributed by atoms with E-state index in [9.17, 15) is 16.8 Å². The Labute approximate surface area is 173 Å². The average molecular weight is 438 g/mol. The van der Waals surface area contributed by atoms with Crippen LogP contribution in [-0.2, 0) is 19.9 Å². The number of hydrogen-bond donors (Lipinski definition) is 1. The lowest BCUT2D eigenvalue weighted by Gasteiger charge is -2.36. The molecular weight excluding hydrogens is 410 g/mol. The van der Waals surface area contributed by atoms with Crippen molar-refractivity contribution in [1.29, 1.82) is 0 Å². The molecule has 0 radical (unpaired) electrons. The quantitative estimate of drug-likeness (QED) is 0.631. The van der Waals surface area contributed by atoms with E-state index in [1.54, 1.807) is 0 Å². The minimum absolute atomic E-state index is 0.176. The van der Waals surface area contributed by atoms with Gasteiger partial charge in [0.25, 0.3) is 0 Å². The molecule has 1 heterocycles. The Balaban J connectivity index is 1.48. The first-order valence-electron chi connectivity index (χ1n) is 9.58. The van der Waals surface area contributed by atoms with Gasteiger partial charge in [-0.05, 0) is 37.2 Å². The maximum absolute atomic E-state index is 12.6. The van der Waals surface area contributed by atoms with Crippen molar-refractivity contribution < 1.29 is 16.8 Å². The highest BCUT2D eigenvalue weighted by Crippen LogP contribution is 2.20. The monoisotopic (exact) mass is 437 g/mol. The summed E-state index contributed by atoms with van der Waals surface area (Å²) >= 11 is 0. The van der Waals surface area contributed by atoms with Gasteiger partial charge in [0.1, 0.15) is 4.90 Å². The Bertz CT molecular complexity index is 1020. The number of para-hydroxylation sites is 1. The number of hydrogen-bond acceptors (Lipinski definition) is 6. The summed E-state index contributed by atoms with van der Waals surface area (Å²) in [4.78, 5) is 4.29. The SMILES string of the molecule is CS(=O)(=O)c1ccccc1S(=O)(=O)NCCCN1CCN(c2ccccc2)CC1. The van der Waals surface area contributed by atoms with E-state index in [1.165, 1.54) is 30.0 Å². The summed E-state index contributed by atoms with van der Waals surface area (Å²) < 4.78 is 51.4. The maximum Gasteiger partial charge on any atom is 0.241 e. The van der Waals surface area contributed by atoms with Crippen LogP contribution in [0.3, 0.4) is 0 Å². The van der Waals surface area contributed by atoms with Gasteiger partial charge in [0.05, 0.1) is 4.90 Å². The van der Waals surface area contributed by atoms with E-state index in [0.29, 0.717) is 6.42 Å². The van der Waals surface area contributed by atoms with E-state index >= 15 is 0 Å². The third-order valence-corrected chi connectivity index (χ3v) is 7.78. The van der Waals surface area contributed by atoms with E-state index in [0.717, 1.165) is 39.0 Å². The van der Waals surface area contributed by atoms with Crippen molar-refractivity contribution in [2.24, 2.45) is 0 Å². The summed E-state index contributed by atoms with van der Waals surface area (Å²) in [5.74, 6) is 0. The van der Waals surface area contributed by atoms with Gasteiger partial charge < -0.3 is 4.90 Å². The van der Waals surface area contributed by atoms with Crippen molar-refractivity contribution in [3.8, 4) is 0 Å². The molecule has 0 amide bonds. The second-order valence-electron chi connectivity index (χ2n) is 7.13. The van der Waals surface area contributed by atoms with Gasteiger partial charge in [-0.25, -0.2) is 21.6 Å². The summed E-state index contributed by atoms with van der Waals surface area (Å²) in [6.45, 7) is 4.80. The molecule has 158 valence electrons. The fourth-order valence-corrected chi connectivity index (χ4v) is 6.14. The second kappa shape index (κ2) is 9.25. The highest BCUT2D eigenvalue weighted by atomic mass is 32.2. The lowest BCUT2D eigenvalue weighted by atomic mass is 10.2. The van der Waals surface area contributed by atoms with Crippen LogP contribution in [0.15, 0.2) is 64.4 Å². The third kappa shape index (κ3) is 5.79. The molecule has 0 aromatic heterocycles. The fraction of sp³-hybridized carbons (Fsp3) is 0.400. The molecule has 0 saturated carbocycles. The molecule has 1 saturated heterocycles. The number of sulfone groups is 1. The van der Waals surface area contributed by atoms with Crippen LogP contribution < -0.4 is 9.62 Å². The van der Waals surface area contributed by atoms with Gasteiger partial charge in [-0.2, -0.15) is 0 Å². The van der Waals surface area contributed by atoms with Crippen molar-refractivity contribution in [3.05, 3.63) is 54.6 Å². The number of nitrogens with zero attached hydrogens (tertiary/aromatic N) is 2. The second-order valence-corrected chi connectivity index (χ2v) is 10.9. The number of rotatable bonds is 8. The standard InChI is InChI=1S/C20H27N3O4S2/c1-28(24,25)19-10-5-6-11-20(19)29(26,27)21-12-7-13-22-14-16-23(17-15-22)18-8-3-2-4-9-18/h2-6,8-11,21H,7,12-17H2,1H3. The summed E-state index contributed by atoms with van der Waals surface area (Å²) in [7, 11) is -7.50. The zero-order valence-corrected chi connectivity index (χ0v) is 18.1. The van der Waals surface area contributed by atoms with Crippen LogP contribution in [0.4, 0.5) is 5.69 Å². The molecule has 0 unspecified atom stereocenters. The molecule has 0 bridgehead atoms. The Morgan fingerprint density at radius 1 is 0.828 bits per heavy atom. The van der Waals surface area contributed by atoms with Crippen LogP contribution in [0.2, 0.25) is 0 Å². The van der Waals surface area contributed by atoms with E-state index in [-0.39, 0.29) is 16.3 Å². The van der Waals surface area contributed by atoms with Crippen LogP contribution in [0.5, 0.6) is 0 Å². The number of anilines is 1. The molecule has 2 aromatic rings. The first-order valence-corrected chi connectivity index (χ1v) is 13.0. The van der Waals surface area contributed by atoms with Crippen LogP contribution >= 0.6 is 0 Å². The van der Waals surface area contributed by atoms with Crippen LogP contribution in [0.1, 0.15) is 6.42 Å². The fourth-order valence-electron chi connectivity index (χ4n) is 3.43. The van der Waals surface area contributed by atoms with E-state index in [1.807, 2.05) is 18.2 Å². The van der Waals surface area contributed by atoms with Crippen molar-refractivity contribution in [2.45, 2.75) is 16.2 Å². The smallest absolute Gasteiger partial charge is 0.241 e. The van der Waals surface area contributed by atoms with Crippen LogP contribution in [0, 0.1) is 0 Å². The minimum Gasteiger partial charge on any atom is -0.369 e. The predicted octanol–water partition coefficient (Wildman–Crippen LogP) is 1.58. The van der Waals surface area contributed by atoms with Gasteiger partial charge >= 0.3 is 0 Å². The lowest BCUT2D eigenvalue weighted by molar-refractivity contribution is 0.255. The minimum atomic E-state index is -3.88. The molecule has 1 aliphatic rings. The Morgan fingerprint density at radius 2 is 1.41 bits per heavy atom. The third-order valence-electron chi connectivity index (χ3n) is 4.97. The highest BCUT2D eigenvalue weighted by molar-refractivity contribution is 7.93.